The fourth-order valence-electron chi connectivity index (χ4n) is 5.98. The molecule has 0 fully saturated rings. The molecule has 0 saturated carbocycles. The molecular weight excluding hydrogens is 662 g/mol. The number of pyridine rings is 1. The first-order valence-electron chi connectivity index (χ1n) is 17.6. The average molecular weight is 716 g/mol. The van der Waals surface area contributed by atoms with Crippen molar-refractivity contribution in [3.8, 4) is 5.75 Å². The molecule has 3 heterocycles. The van der Waals surface area contributed by atoms with E-state index in [1.807, 2.05) is 103 Å². The van der Waals surface area contributed by atoms with Crippen molar-refractivity contribution in [2.75, 3.05) is 46.3 Å². The number of amides is 3. The number of nitrogens with one attached hydrogen (secondary N) is 3. The van der Waals surface area contributed by atoms with Crippen LogP contribution in [0.1, 0.15) is 107 Å². The van der Waals surface area contributed by atoms with Crippen LogP contribution in [0.2, 0.25) is 0 Å². The zero-order valence-corrected chi connectivity index (χ0v) is 32.0. The van der Waals surface area contributed by atoms with Crippen molar-refractivity contribution in [2.24, 2.45) is 0 Å². The van der Waals surface area contributed by atoms with Gasteiger partial charge in [-0.3, -0.25) is 19.4 Å². The Hall–Kier alpha value is -4.66. The van der Waals surface area contributed by atoms with E-state index in [4.69, 9.17) is 14.2 Å². The SMILES string of the molecule is COCCN(C)C(C)(C)CNC(=O)c1nc(NC(=O)N[C@H]2CC[C@@H](Oc3ccc4nnc(C(C)(C)OC)n4c3)c3ccccc32)cc(C(C)(C)C)n1. The lowest BCUT2D eigenvalue weighted by atomic mass is 9.85. The van der Waals surface area contributed by atoms with Crippen molar-refractivity contribution in [1.82, 2.24) is 40.1 Å². The Labute approximate surface area is 306 Å². The monoisotopic (exact) mass is 715 g/mol. The largest absolute Gasteiger partial charge is 0.484 e. The average Bonchev–Trinajstić information content (AvgIpc) is 3.54. The molecule has 14 nitrogen and oxygen atoms in total. The second kappa shape index (κ2) is 15.5. The summed E-state index contributed by atoms with van der Waals surface area (Å²) in [4.78, 5) is 38.0. The number of urea groups is 1. The lowest BCUT2D eigenvalue weighted by Gasteiger charge is -2.35. The van der Waals surface area contributed by atoms with Gasteiger partial charge >= 0.3 is 6.03 Å². The van der Waals surface area contributed by atoms with Crippen LogP contribution in [0.4, 0.5) is 10.6 Å². The quantitative estimate of drug-likeness (QED) is 0.160. The molecule has 3 N–H and O–H groups in total. The number of methoxy groups -OCH3 is 2. The highest BCUT2D eigenvalue weighted by atomic mass is 16.5. The van der Waals surface area contributed by atoms with E-state index in [2.05, 4.69) is 41.0 Å². The van der Waals surface area contributed by atoms with Gasteiger partial charge in [0.05, 0.1) is 24.5 Å². The summed E-state index contributed by atoms with van der Waals surface area (Å²) in [7, 11) is 5.29. The van der Waals surface area contributed by atoms with Gasteiger partial charge in [0.15, 0.2) is 11.5 Å². The number of hydrogen-bond acceptors (Lipinski definition) is 10. The minimum Gasteiger partial charge on any atom is -0.484 e. The van der Waals surface area contributed by atoms with Crippen LogP contribution in [0.25, 0.3) is 5.65 Å². The Morgan fingerprint density at radius 3 is 2.38 bits per heavy atom. The first-order valence-corrected chi connectivity index (χ1v) is 17.6. The smallest absolute Gasteiger partial charge is 0.320 e. The number of carbonyl (C=O) groups is 2. The van der Waals surface area contributed by atoms with E-state index in [0.29, 0.717) is 55.5 Å². The van der Waals surface area contributed by atoms with Crippen LogP contribution in [0, 0.1) is 0 Å². The summed E-state index contributed by atoms with van der Waals surface area (Å²) in [5.41, 5.74) is 1.91. The van der Waals surface area contributed by atoms with Crippen LogP contribution in [-0.4, -0.2) is 87.9 Å². The Morgan fingerprint density at radius 2 is 1.69 bits per heavy atom. The van der Waals surface area contributed by atoms with Crippen LogP contribution in [-0.2, 0) is 20.5 Å². The molecular formula is C38H53N9O5. The van der Waals surface area contributed by atoms with Gasteiger partial charge in [0.2, 0.25) is 5.82 Å². The van der Waals surface area contributed by atoms with Gasteiger partial charge in [0.25, 0.3) is 5.91 Å². The molecule has 1 aliphatic rings. The Balaban J connectivity index is 1.29. The number of nitrogens with zero attached hydrogens (tertiary/aromatic N) is 6. The molecule has 3 amide bonds. The summed E-state index contributed by atoms with van der Waals surface area (Å²) >= 11 is 0. The molecule has 52 heavy (non-hydrogen) atoms. The molecule has 0 saturated heterocycles. The van der Waals surface area contributed by atoms with Gasteiger partial charge in [-0.05, 0) is 70.8 Å². The van der Waals surface area contributed by atoms with Gasteiger partial charge in [-0.2, -0.15) is 0 Å². The maximum atomic E-state index is 13.5. The summed E-state index contributed by atoms with van der Waals surface area (Å²) in [5.74, 6) is 1.15. The van der Waals surface area contributed by atoms with Crippen LogP contribution in [0.15, 0.2) is 48.7 Å². The molecule has 14 heteroatoms. The summed E-state index contributed by atoms with van der Waals surface area (Å²) in [5, 5.41) is 17.6. The second-order valence-electron chi connectivity index (χ2n) is 15.4. The zero-order valence-electron chi connectivity index (χ0n) is 32.0. The predicted octanol–water partition coefficient (Wildman–Crippen LogP) is 5.56. The fraction of sp³-hybridized carbons (Fsp3) is 0.526. The van der Waals surface area contributed by atoms with E-state index in [1.54, 1.807) is 20.3 Å². The van der Waals surface area contributed by atoms with Crippen molar-refractivity contribution < 1.29 is 23.8 Å². The molecule has 1 aliphatic carbocycles. The highest BCUT2D eigenvalue weighted by Gasteiger charge is 2.31. The van der Waals surface area contributed by atoms with E-state index in [0.717, 1.165) is 11.1 Å². The third-order valence-corrected chi connectivity index (χ3v) is 9.73. The molecule has 0 unspecified atom stereocenters. The molecule has 280 valence electrons. The lowest BCUT2D eigenvalue weighted by Crippen LogP contribution is -2.51. The molecule has 0 spiro atoms. The van der Waals surface area contributed by atoms with E-state index in [1.165, 1.54) is 0 Å². The zero-order chi connectivity index (χ0) is 37.8. The third kappa shape index (κ3) is 8.85. The maximum absolute atomic E-state index is 13.5. The molecule has 2 atom stereocenters. The first-order chi connectivity index (χ1) is 24.5. The van der Waals surface area contributed by atoms with E-state index < -0.39 is 23.0 Å². The summed E-state index contributed by atoms with van der Waals surface area (Å²) in [6, 6.07) is 12.7. The van der Waals surface area contributed by atoms with E-state index in [9.17, 15) is 9.59 Å². The van der Waals surface area contributed by atoms with Crippen LogP contribution in [0.5, 0.6) is 5.75 Å². The predicted molar refractivity (Wildman–Crippen MR) is 199 cm³/mol. The minimum absolute atomic E-state index is 0.0105. The summed E-state index contributed by atoms with van der Waals surface area (Å²) < 4.78 is 19.3. The third-order valence-electron chi connectivity index (χ3n) is 9.73. The van der Waals surface area contributed by atoms with Gasteiger partial charge in [-0.1, -0.05) is 45.0 Å². The molecule has 0 bridgehead atoms. The first kappa shape index (κ1) is 38.6. The number of likely N-dealkylation sites (N-methyl/N-ethyl adjacent to an activating group) is 1. The number of ether oxygens (including phenoxy) is 3. The Morgan fingerprint density at radius 1 is 0.962 bits per heavy atom. The van der Waals surface area contributed by atoms with Gasteiger partial charge < -0.3 is 24.8 Å². The highest BCUT2D eigenvalue weighted by molar-refractivity contribution is 5.92. The van der Waals surface area contributed by atoms with Crippen LogP contribution >= 0.6 is 0 Å². The molecule has 3 aromatic heterocycles. The molecule has 1 aromatic carbocycles. The molecule has 0 radical (unpaired) electrons. The highest BCUT2D eigenvalue weighted by Crippen LogP contribution is 2.39. The molecule has 4 aromatic rings. The number of rotatable bonds is 13. The lowest BCUT2D eigenvalue weighted by molar-refractivity contribution is 0.0106. The standard InChI is InChI=1S/C38H53N9O5/c1-36(2,3)29-21-30(42-32(41-29)33(48)39-23-37(4,5)46(8)19-20-50-9)43-35(49)40-27-16-17-28(26-14-12-11-13-25(26)27)52-24-15-18-31-44-45-34(47(31)22-24)38(6,7)51-10/h11-15,18,21-22,27-28H,16-17,19-20,23H2,1-10H3,(H,39,48)(H2,40,41,42,43,49)/t27-,28+/m0/s1. The number of benzene rings is 1. The van der Waals surface area contributed by atoms with Crippen molar-refractivity contribution >= 4 is 23.4 Å². The normalized spacial score (nSPS) is 16.4. The fourth-order valence-corrected chi connectivity index (χ4v) is 5.98. The van der Waals surface area contributed by atoms with E-state index >= 15 is 0 Å². The van der Waals surface area contributed by atoms with E-state index in [-0.39, 0.29) is 29.3 Å². The summed E-state index contributed by atoms with van der Waals surface area (Å²) in [6.07, 6.45) is 2.97. The number of hydrogen-bond donors (Lipinski definition) is 3. The topological polar surface area (TPSA) is 157 Å². The number of fused-ring (bicyclic) bond motifs is 2. The van der Waals surface area contributed by atoms with Crippen LogP contribution in [0.3, 0.4) is 0 Å². The van der Waals surface area contributed by atoms with Crippen molar-refractivity contribution in [1.29, 1.82) is 0 Å². The molecule has 0 aliphatic heterocycles. The Kier molecular flexibility index (Phi) is 11.5. The van der Waals surface area contributed by atoms with Gasteiger partial charge in [-0.15, -0.1) is 10.2 Å². The van der Waals surface area contributed by atoms with Gasteiger partial charge in [0, 0.05) is 44.3 Å². The van der Waals surface area contributed by atoms with Crippen molar-refractivity contribution in [2.45, 2.75) is 90.0 Å². The summed E-state index contributed by atoms with van der Waals surface area (Å²) in [6.45, 7) is 15.6. The second-order valence-corrected chi connectivity index (χ2v) is 15.4. The number of carbonyl (C=O) groups excluding carboxylic acids is 2. The number of anilines is 1. The van der Waals surface area contributed by atoms with Gasteiger partial charge in [0.1, 0.15) is 23.3 Å². The minimum atomic E-state index is -0.637. The maximum Gasteiger partial charge on any atom is 0.320 e. The number of aromatic nitrogens is 5. The van der Waals surface area contributed by atoms with Gasteiger partial charge in [-0.25, -0.2) is 14.8 Å². The van der Waals surface area contributed by atoms with Crippen molar-refractivity contribution in [3.63, 3.8) is 0 Å². The Bertz CT molecular complexity index is 1880. The van der Waals surface area contributed by atoms with Crippen LogP contribution < -0.4 is 20.7 Å². The molecule has 5 rings (SSSR count). The van der Waals surface area contributed by atoms with Crippen molar-refractivity contribution in [3.05, 3.63) is 77.1 Å².